The van der Waals surface area contributed by atoms with E-state index in [-0.39, 0.29) is 0 Å². The van der Waals surface area contributed by atoms with Crippen LogP contribution in [0.5, 0.6) is 0 Å². The number of fused-ring (bicyclic) bond motifs is 1. The molecule has 106 valence electrons. The van der Waals surface area contributed by atoms with Gasteiger partial charge in [0.05, 0.1) is 0 Å². The van der Waals surface area contributed by atoms with Gasteiger partial charge in [0.25, 0.3) is 0 Å². The smallest absolute Gasteiger partial charge is 0.326 e. The molecule has 20 heavy (non-hydrogen) atoms. The molecule has 1 aromatic heterocycles. The van der Waals surface area contributed by atoms with Gasteiger partial charge in [0.2, 0.25) is 0 Å². The van der Waals surface area contributed by atoms with E-state index in [1.54, 1.807) is 17.4 Å². The molecular formula is C14H16N2O3S. The number of benzene rings is 1. The van der Waals surface area contributed by atoms with E-state index in [9.17, 15) is 9.59 Å². The molecule has 0 radical (unpaired) electrons. The van der Waals surface area contributed by atoms with E-state index in [1.165, 1.54) is 0 Å². The Bertz CT molecular complexity index is 624. The molecule has 0 aliphatic heterocycles. The largest absolute Gasteiger partial charge is 0.480 e. The molecule has 6 heteroatoms. The van der Waals surface area contributed by atoms with Crippen LogP contribution in [0.4, 0.5) is 10.5 Å². The highest BCUT2D eigenvalue weighted by Crippen LogP contribution is 2.23. The van der Waals surface area contributed by atoms with Gasteiger partial charge in [0, 0.05) is 10.4 Å². The lowest BCUT2D eigenvalue weighted by Crippen LogP contribution is -2.42. The summed E-state index contributed by atoms with van der Waals surface area (Å²) in [7, 11) is 0. The number of carboxylic acids is 1. The maximum atomic E-state index is 11.8. The average molecular weight is 292 g/mol. The van der Waals surface area contributed by atoms with Gasteiger partial charge in [-0.05, 0) is 41.5 Å². The van der Waals surface area contributed by atoms with Crippen LogP contribution in [-0.2, 0) is 4.79 Å². The van der Waals surface area contributed by atoms with Crippen molar-refractivity contribution in [2.45, 2.75) is 25.8 Å². The van der Waals surface area contributed by atoms with Crippen molar-refractivity contribution in [1.82, 2.24) is 5.32 Å². The minimum absolute atomic E-state index is 0.409. The summed E-state index contributed by atoms with van der Waals surface area (Å²) >= 11 is 1.63. The number of carboxylic acid groups (broad SMARTS) is 1. The van der Waals surface area contributed by atoms with Gasteiger partial charge in [0.1, 0.15) is 6.04 Å². The molecule has 1 atom stereocenters. The fourth-order valence-corrected chi connectivity index (χ4v) is 2.69. The van der Waals surface area contributed by atoms with Gasteiger partial charge in [-0.2, -0.15) is 0 Å². The first-order valence-corrected chi connectivity index (χ1v) is 7.25. The minimum atomic E-state index is -1.02. The summed E-state index contributed by atoms with van der Waals surface area (Å²) in [5.41, 5.74) is 0.647. The van der Waals surface area contributed by atoms with Gasteiger partial charge < -0.3 is 15.7 Å². The fraction of sp³-hybridized carbons (Fsp3) is 0.286. The molecule has 2 aromatic rings. The number of carbonyl (C=O) groups excluding carboxylic acids is 1. The molecular weight excluding hydrogens is 276 g/mol. The minimum Gasteiger partial charge on any atom is -0.480 e. The molecule has 3 N–H and O–H groups in total. The number of hydrogen-bond acceptors (Lipinski definition) is 3. The van der Waals surface area contributed by atoms with Crippen molar-refractivity contribution in [3.05, 3.63) is 29.6 Å². The Kier molecular flexibility index (Phi) is 4.57. The van der Waals surface area contributed by atoms with Crippen molar-refractivity contribution in [2.24, 2.45) is 0 Å². The summed E-state index contributed by atoms with van der Waals surface area (Å²) in [6.45, 7) is 1.88. The first-order chi connectivity index (χ1) is 9.60. The van der Waals surface area contributed by atoms with E-state index >= 15 is 0 Å². The summed E-state index contributed by atoms with van der Waals surface area (Å²) in [5, 5.41) is 17.1. The molecule has 2 rings (SSSR count). The average Bonchev–Trinajstić information content (AvgIpc) is 2.85. The second-order valence-corrected chi connectivity index (χ2v) is 5.40. The number of amides is 2. The predicted molar refractivity (Wildman–Crippen MR) is 80.3 cm³/mol. The number of urea groups is 1. The van der Waals surface area contributed by atoms with Gasteiger partial charge in [-0.15, -0.1) is 11.3 Å². The second kappa shape index (κ2) is 6.38. The number of hydrogen-bond donors (Lipinski definition) is 3. The number of nitrogens with one attached hydrogen (secondary N) is 2. The summed E-state index contributed by atoms with van der Waals surface area (Å²) in [4.78, 5) is 22.8. The molecule has 1 heterocycles. The number of aliphatic carboxylic acids is 1. The van der Waals surface area contributed by atoms with Crippen molar-refractivity contribution in [3.8, 4) is 0 Å². The summed E-state index contributed by atoms with van der Waals surface area (Å²) < 4.78 is 1.14. The van der Waals surface area contributed by atoms with Crippen molar-refractivity contribution in [3.63, 3.8) is 0 Å². The van der Waals surface area contributed by atoms with Gasteiger partial charge in [0.15, 0.2) is 0 Å². The Balaban J connectivity index is 2.01. The van der Waals surface area contributed by atoms with Crippen molar-refractivity contribution < 1.29 is 14.7 Å². The molecule has 5 nitrogen and oxygen atoms in total. The summed E-state index contributed by atoms with van der Waals surface area (Å²) in [5.74, 6) is -1.02. The number of thiophene rings is 1. The van der Waals surface area contributed by atoms with E-state index in [2.05, 4.69) is 10.6 Å². The lowest BCUT2D eigenvalue weighted by Gasteiger charge is -2.14. The van der Waals surface area contributed by atoms with Crippen LogP contribution < -0.4 is 10.6 Å². The molecule has 0 saturated carbocycles. The van der Waals surface area contributed by atoms with E-state index in [0.717, 1.165) is 10.1 Å². The van der Waals surface area contributed by atoms with E-state index in [1.807, 2.05) is 30.5 Å². The van der Waals surface area contributed by atoms with E-state index in [0.29, 0.717) is 18.5 Å². The van der Waals surface area contributed by atoms with Crippen molar-refractivity contribution in [1.29, 1.82) is 0 Å². The zero-order valence-electron chi connectivity index (χ0n) is 11.1. The highest BCUT2D eigenvalue weighted by atomic mass is 32.1. The topological polar surface area (TPSA) is 78.4 Å². The van der Waals surface area contributed by atoms with Gasteiger partial charge in [-0.25, -0.2) is 9.59 Å². The Hall–Kier alpha value is -2.08. The first kappa shape index (κ1) is 14.3. The summed E-state index contributed by atoms with van der Waals surface area (Å²) in [6.07, 6.45) is 1.10. The van der Waals surface area contributed by atoms with Gasteiger partial charge >= 0.3 is 12.0 Å². The van der Waals surface area contributed by atoms with Crippen LogP contribution in [0.25, 0.3) is 10.1 Å². The standard InChI is InChI=1S/C14H16N2O3S/c1-2-3-11(13(17)18)16-14(19)15-10-4-5-12-9(8-10)6-7-20-12/h4-8,11H,2-3H2,1H3,(H,17,18)(H2,15,16,19)/t11-/m0/s1. The highest BCUT2D eigenvalue weighted by Gasteiger charge is 2.18. The van der Waals surface area contributed by atoms with Crippen LogP contribution in [0.3, 0.4) is 0 Å². The molecule has 2 amide bonds. The molecule has 0 unspecified atom stereocenters. The molecule has 0 aliphatic carbocycles. The Morgan fingerprint density at radius 1 is 1.35 bits per heavy atom. The van der Waals surface area contributed by atoms with Crippen LogP contribution in [0, 0.1) is 0 Å². The molecule has 0 aliphatic rings. The summed E-state index contributed by atoms with van der Waals surface area (Å²) in [6, 6.07) is 6.20. The highest BCUT2D eigenvalue weighted by molar-refractivity contribution is 7.17. The molecule has 0 spiro atoms. The molecule has 0 fully saturated rings. The Morgan fingerprint density at radius 3 is 2.85 bits per heavy atom. The van der Waals surface area contributed by atoms with Gasteiger partial charge in [-0.1, -0.05) is 13.3 Å². The Labute approximate surface area is 120 Å². The van der Waals surface area contributed by atoms with Crippen LogP contribution >= 0.6 is 11.3 Å². The zero-order valence-corrected chi connectivity index (χ0v) is 11.9. The second-order valence-electron chi connectivity index (χ2n) is 4.45. The van der Waals surface area contributed by atoms with Crippen LogP contribution in [-0.4, -0.2) is 23.1 Å². The molecule has 0 bridgehead atoms. The van der Waals surface area contributed by atoms with E-state index < -0.39 is 18.0 Å². The zero-order chi connectivity index (χ0) is 14.5. The van der Waals surface area contributed by atoms with Gasteiger partial charge in [-0.3, -0.25) is 0 Å². The maximum absolute atomic E-state index is 11.8. The number of rotatable bonds is 5. The SMILES string of the molecule is CCC[C@H](NC(=O)Nc1ccc2sccc2c1)C(=O)O. The number of carbonyl (C=O) groups is 2. The van der Waals surface area contributed by atoms with Crippen LogP contribution in [0.15, 0.2) is 29.6 Å². The monoisotopic (exact) mass is 292 g/mol. The third-order valence-corrected chi connectivity index (χ3v) is 3.79. The lowest BCUT2D eigenvalue weighted by molar-refractivity contribution is -0.139. The lowest BCUT2D eigenvalue weighted by atomic mass is 10.2. The van der Waals surface area contributed by atoms with Crippen LogP contribution in [0.1, 0.15) is 19.8 Å². The van der Waals surface area contributed by atoms with Crippen LogP contribution in [0.2, 0.25) is 0 Å². The number of anilines is 1. The third kappa shape index (κ3) is 3.48. The van der Waals surface area contributed by atoms with Crippen molar-refractivity contribution in [2.75, 3.05) is 5.32 Å². The first-order valence-electron chi connectivity index (χ1n) is 6.37. The van der Waals surface area contributed by atoms with Crippen molar-refractivity contribution >= 4 is 39.1 Å². The van der Waals surface area contributed by atoms with E-state index in [4.69, 9.17) is 5.11 Å². The third-order valence-electron chi connectivity index (χ3n) is 2.89. The molecule has 0 saturated heterocycles. The fourth-order valence-electron chi connectivity index (χ4n) is 1.92. The Morgan fingerprint density at radius 2 is 2.15 bits per heavy atom. The quantitative estimate of drug-likeness (QED) is 0.791. The normalized spacial score (nSPS) is 12.1. The maximum Gasteiger partial charge on any atom is 0.326 e. The molecule has 1 aromatic carbocycles. The predicted octanol–water partition coefficient (Wildman–Crippen LogP) is 3.28.